The van der Waals surface area contributed by atoms with Crippen molar-refractivity contribution in [1.82, 2.24) is 4.90 Å². The minimum Gasteiger partial charge on any atom is -0.487 e. The molecule has 0 spiro atoms. The molecule has 0 unspecified atom stereocenters. The number of carbonyl (C=O) groups excluding carboxylic acids is 1. The number of hydrogen-bond donors (Lipinski definition) is 0. The van der Waals surface area contributed by atoms with Gasteiger partial charge in [-0.2, -0.15) is 26.3 Å². The summed E-state index contributed by atoms with van der Waals surface area (Å²) in [5.74, 6) is -1.07. The zero-order chi connectivity index (χ0) is 25.5. The molecule has 1 saturated heterocycles. The topological polar surface area (TPSA) is 72.9 Å². The Morgan fingerprint density at radius 1 is 1.03 bits per heavy atom. The van der Waals surface area contributed by atoms with E-state index in [4.69, 9.17) is 9.47 Å². The average Bonchev–Trinajstić information content (AvgIpc) is 2.68. The molecule has 0 bridgehead atoms. The van der Waals surface area contributed by atoms with Crippen LogP contribution in [-0.2, 0) is 16.0 Å². The van der Waals surface area contributed by atoms with Gasteiger partial charge < -0.3 is 14.4 Å². The molecule has 6 nitrogen and oxygen atoms in total. The lowest BCUT2D eigenvalue weighted by Gasteiger charge is -2.39. The third kappa shape index (κ3) is 5.93. The van der Waals surface area contributed by atoms with Gasteiger partial charge in [0, 0.05) is 6.26 Å². The van der Waals surface area contributed by atoms with E-state index in [2.05, 4.69) is 0 Å². The van der Waals surface area contributed by atoms with Crippen molar-refractivity contribution in [2.45, 2.75) is 36.4 Å². The first kappa shape index (κ1) is 25.7. The fourth-order valence-corrected chi connectivity index (χ4v) is 3.68. The van der Waals surface area contributed by atoms with Gasteiger partial charge in [-0.15, -0.1) is 0 Å². The molecule has 2 aromatic carbocycles. The smallest absolute Gasteiger partial charge is 0.425 e. The summed E-state index contributed by atoms with van der Waals surface area (Å²) in [6.45, 7) is 0.713. The van der Waals surface area contributed by atoms with Crippen LogP contribution in [0.3, 0.4) is 0 Å². The molecule has 1 fully saturated rings. The molecular weight excluding hydrogens is 492 g/mol. The fourth-order valence-electron chi connectivity index (χ4n) is 3.03. The highest BCUT2D eigenvalue weighted by Gasteiger charge is 2.40. The van der Waals surface area contributed by atoms with Gasteiger partial charge in [0.05, 0.1) is 29.1 Å². The third-order valence-electron chi connectivity index (χ3n) is 4.99. The van der Waals surface area contributed by atoms with E-state index >= 15 is 0 Å². The number of amides is 1. The number of rotatable bonds is 6. The standard InChI is InChI=1S/C21H19F6NO5S/c1-12(20(22,23)24)32-18-8-7-16(34(2,30)31)9-17(18)19(29)28-10-15(11-28)33-14-5-3-13(4-6-14)21(25,26)27/h3-9,12,15H,10-11H2,1-2H3/t12-/m0/s1. The summed E-state index contributed by atoms with van der Waals surface area (Å²) < 4.78 is 111. The van der Waals surface area contributed by atoms with Gasteiger partial charge in [-0.25, -0.2) is 8.42 Å². The molecule has 1 aliphatic rings. The van der Waals surface area contributed by atoms with E-state index in [9.17, 15) is 39.6 Å². The molecule has 1 atom stereocenters. The molecule has 0 saturated carbocycles. The highest BCUT2D eigenvalue weighted by atomic mass is 32.2. The molecular formula is C21H19F6NO5S. The largest absolute Gasteiger partial charge is 0.487 e. The molecule has 0 aromatic heterocycles. The van der Waals surface area contributed by atoms with E-state index in [0.29, 0.717) is 0 Å². The van der Waals surface area contributed by atoms with Crippen molar-refractivity contribution in [1.29, 1.82) is 0 Å². The minimum atomic E-state index is -4.72. The predicted molar refractivity (Wildman–Crippen MR) is 107 cm³/mol. The summed E-state index contributed by atoms with van der Waals surface area (Å²) in [7, 11) is -3.77. The number of nitrogens with zero attached hydrogens (tertiary/aromatic N) is 1. The molecule has 0 N–H and O–H groups in total. The van der Waals surface area contributed by atoms with Crippen molar-refractivity contribution in [3.05, 3.63) is 53.6 Å². The van der Waals surface area contributed by atoms with Crippen molar-refractivity contribution < 1.29 is 49.0 Å². The quantitative estimate of drug-likeness (QED) is 0.540. The Kier molecular flexibility index (Phi) is 6.80. The molecule has 0 aliphatic carbocycles. The van der Waals surface area contributed by atoms with Crippen LogP contribution >= 0.6 is 0 Å². The predicted octanol–water partition coefficient (Wildman–Crippen LogP) is 4.34. The van der Waals surface area contributed by atoms with Gasteiger partial charge in [0.15, 0.2) is 15.9 Å². The number of likely N-dealkylation sites (tertiary alicyclic amines) is 1. The zero-order valence-electron chi connectivity index (χ0n) is 17.8. The van der Waals surface area contributed by atoms with Gasteiger partial charge in [-0.05, 0) is 49.4 Å². The lowest BCUT2D eigenvalue weighted by molar-refractivity contribution is -0.189. The van der Waals surface area contributed by atoms with E-state index < -0.39 is 51.6 Å². The van der Waals surface area contributed by atoms with E-state index in [-0.39, 0.29) is 29.3 Å². The highest BCUT2D eigenvalue weighted by Crippen LogP contribution is 2.32. The SMILES string of the molecule is C[C@H](Oc1ccc(S(C)(=O)=O)cc1C(=O)N1CC(Oc2ccc(C(F)(F)F)cc2)C1)C(F)(F)F. The Morgan fingerprint density at radius 3 is 2.12 bits per heavy atom. The van der Waals surface area contributed by atoms with Crippen LogP contribution in [0.25, 0.3) is 0 Å². The second kappa shape index (κ2) is 9.01. The third-order valence-corrected chi connectivity index (χ3v) is 6.10. The summed E-state index contributed by atoms with van der Waals surface area (Å²) in [4.78, 5) is 13.8. The number of sulfone groups is 1. The summed E-state index contributed by atoms with van der Waals surface area (Å²) in [6.07, 6.45) is -11.2. The van der Waals surface area contributed by atoms with Crippen LogP contribution in [0.2, 0.25) is 0 Å². The molecule has 186 valence electrons. The molecule has 0 radical (unpaired) electrons. The first-order valence-electron chi connectivity index (χ1n) is 9.76. The Bertz CT molecular complexity index is 1160. The van der Waals surface area contributed by atoms with Crippen LogP contribution in [0, 0.1) is 0 Å². The number of carbonyl (C=O) groups is 1. The van der Waals surface area contributed by atoms with Crippen LogP contribution in [0.4, 0.5) is 26.3 Å². The maximum Gasteiger partial charge on any atom is 0.425 e. The first-order valence-corrected chi connectivity index (χ1v) is 11.7. The van der Waals surface area contributed by atoms with Gasteiger partial charge in [0.2, 0.25) is 0 Å². The van der Waals surface area contributed by atoms with E-state index in [1.165, 1.54) is 4.90 Å². The van der Waals surface area contributed by atoms with Crippen LogP contribution in [0.5, 0.6) is 11.5 Å². The lowest BCUT2D eigenvalue weighted by Crippen LogP contribution is -2.56. The van der Waals surface area contributed by atoms with Gasteiger partial charge in [-0.1, -0.05) is 0 Å². The molecule has 1 amide bonds. The number of benzene rings is 2. The normalized spacial score (nSPS) is 16.1. The van der Waals surface area contributed by atoms with Crippen LogP contribution in [0.1, 0.15) is 22.8 Å². The summed E-state index contributed by atoms with van der Waals surface area (Å²) in [5.41, 5.74) is -1.22. The average molecular weight is 511 g/mol. The number of hydrogen-bond acceptors (Lipinski definition) is 5. The van der Waals surface area contributed by atoms with Crippen molar-refractivity contribution in [3.8, 4) is 11.5 Å². The maximum absolute atomic E-state index is 12.9. The number of ether oxygens (including phenoxy) is 2. The van der Waals surface area contributed by atoms with Gasteiger partial charge >= 0.3 is 12.4 Å². The zero-order valence-corrected chi connectivity index (χ0v) is 18.6. The second-order valence-electron chi connectivity index (χ2n) is 7.70. The Labute approximate surface area is 191 Å². The molecule has 34 heavy (non-hydrogen) atoms. The van der Waals surface area contributed by atoms with Gasteiger partial charge in [-0.3, -0.25) is 4.79 Å². The van der Waals surface area contributed by atoms with Crippen molar-refractivity contribution >= 4 is 15.7 Å². The summed E-state index contributed by atoms with van der Waals surface area (Å²) in [5, 5.41) is 0. The lowest BCUT2D eigenvalue weighted by atomic mass is 10.1. The van der Waals surface area contributed by atoms with Crippen molar-refractivity contribution in [2.24, 2.45) is 0 Å². The Balaban J connectivity index is 1.73. The van der Waals surface area contributed by atoms with Crippen molar-refractivity contribution in [3.63, 3.8) is 0 Å². The maximum atomic E-state index is 12.9. The van der Waals surface area contributed by atoms with Crippen LogP contribution in [0.15, 0.2) is 47.4 Å². The molecule has 3 rings (SSSR count). The number of alkyl halides is 6. The Morgan fingerprint density at radius 2 is 1.62 bits per heavy atom. The second-order valence-corrected chi connectivity index (χ2v) is 9.72. The van der Waals surface area contributed by atoms with Gasteiger partial charge in [0.25, 0.3) is 5.91 Å². The molecule has 2 aromatic rings. The minimum absolute atomic E-state index is 0.0166. The molecule has 1 heterocycles. The van der Waals surface area contributed by atoms with Gasteiger partial charge in [0.1, 0.15) is 17.6 Å². The van der Waals surface area contributed by atoms with Crippen molar-refractivity contribution in [2.75, 3.05) is 19.3 Å². The van der Waals surface area contributed by atoms with E-state index in [1.54, 1.807) is 0 Å². The van der Waals surface area contributed by atoms with Crippen LogP contribution in [-0.4, -0.2) is 57.0 Å². The fraction of sp³-hybridized carbons (Fsp3) is 0.381. The first-order chi connectivity index (χ1) is 15.6. The monoisotopic (exact) mass is 511 g/mol. The Hall–Kier alpha value is -2.96. The summed E-state index contributed by atoms with van der Waals surface area (Å²) in [6, 6.07) is 6.93. The van der Waals surface area contributed by atoms with E-state index in [0.717, 1.165) is 55.6 Å². The van der Waals surface area contributed by atoms with Crippen LogP contribution < -0.4 is 9.47 Å². The summed E-state index contributed by atoms with van der Waals surface area (Å²) >= 11 is 0. The molecule has 1 aliphatic heterocycles. The molecule has 13 heteroatoms. The number of halogens is 6. The van der Waals surface area contributed by atoms with E-state index in [1.807, 2.05) is 0 Å². The highest BCUT2D eigenvalue weighted by molar-refractivity contribution is 7.90.